The second-order valence-electron chi connectivity index (χ2n) is 5.61. The maximum Gasteiger partial charge on any atom is 0.191 e. The Morgan fingerprint density at radius 3 is 2.52 bits per heavy atom. The van der Waals surface area contributed by atoms with Gasteiger partial charge in [0.15, 0.2) is 5.96 Å². The van der Waals surface area contributed by atoms with Gasteiger partial charge in [0.05, 0.1) is 0 Å². The SMILES string of the molecule is CN=C(NCCc1ccccn1)NCc1ccc2ccccc2c1.I. The molecule has 0 atom stereocenters. The van der Waals surface area contributed by atoms with E-state index < -0.39 is 0 Å². The number of aromatic nitrogens is 1. The second-order valence-corrected chi connectivity index (χ2v) is 5.61. The van der Waals surface area contributed by atoms with Gasteiger partial charge in [-0.1, -0.05) is 42.5 Å². The number of benzene rings is 2. The molecule has 1 aromatic heterocycles. The molecule has 0 aliphatic heterocycles. The molecule has 3 rings (SSSR count). The van der Waals surface area contributed by atoms with Crippen LogP contribution in [0.4, 0.5) is 0 Å². The summed E-state index contributed by atoms with van der Waals surface area (Å²) in [4.78, 5) is 8.59. The zero-order valence-corrected chi connectivity index (χ0v) is 16.6. The molecule has 3 aromatic rings. The normalized spacial score (nSPS) is 11.0. The Hall–Kier alpha value is -2.15. The predicted molar refractivity (Wildman–Crippen MR) is 116 cm³/mol. The summed E-state index contributed by atoms with van der Waals surface area (Å²) in [6.45, 7) is 1.54. The monoisotopic (exact) mass is 446 g/mol. The van der Waals surface area contributed by atoms with Crippen LogP contribution in [0.1, 0.15) is 11.3 Å². The Bertz CT molecular complexity index is 818. The first-order valence-corrected chi connectivity index (χ1v) is 8.17. The number of nitrogens with zero attached hydrogens (tertiary/aromatic N) is 2. The average molecular weight is 446 g/mol. The lowest BCUT2D eigenvalue weighted by molar-refractivity contribution is 0.784. The second kappa shape index (κ2) is 9.98. The van der Waals surface area contributed by atoms with Crippen molar-refractivity contribution < 1.29 is 0 Å². The zero-order chi connectivity index (χ0) is 16.6. The summed E-state index contributed by atoms with van der Waals surface area (Å²) in [5.74, 6) is 0.805. The molecule has 0 spiro atoms. The van der Waals surface area contributed by atoms with Crippen molar-refractivity contribution in [1.29, 1.82) is 0 Å². The molecule has 0 amide bonds. The quantitative estimate of drug-likeness (QED) is 0.357. The molecule has 0 aliphatic carbocycles. The maximum atomic E-state index is 4.32. The van der Waals surface area contributed by atoms with Crippen LogP contribution in [0.25, 0.3) is 10.8 Å². The summed E-state index contributed by atoms with van der Waals surface area (Å²) < 4.78 is 0. The molecule has 0 saturated carbocycles. The van der Waals surface area contributed by atoms with E-state index in [0.29, 0.717) is 0 Å². The molecule has 1 heterocycles. The van der Waals surface area contributed by atoms with E-state index in [4.69, 9.17) is 0 Å². The Labute approximate surface area is 165 Å². The van der Waals surface area contributed by atoms with Crippen molar-refractivity contribution in [2.45, 2.75) is 13.0 Å². The first kappa shape index (κ1) is 19.2. The highest BCUT2D eigenvalue weighted by atomic mass is 127. The van der Waals surface area contributed by atoms with Gasteiger partial charge >= 0.3 is 0 Å². The Morgan fingerprint density at radius 1 is 0.960 bits per heavy atom. The Balaban J connectivity index is 0.00000225. The van der Waals surface area contributed by atoms with Gasteiger partial charge in [0, 0.05) is 38.4 Å². The number of hydrogen-bond acceptors (Lipinski definition) is 2. The molecule has 0 fully saturated rings. The molecule has 4 nitrogen and oxygen atoms in total. The predicted octanol–water partition coefficient (Wildman–Crippen LogP) is 3.76. The molecule has 130 valence electrons. The minimum absolute atomic E-state index is 0. The Kier molecular flexibility index (Phi) is 7.66. The van der Waals surface area contributed by atoms with Gasteiger partial charge in [-0.05, 0) is 34.5 Å². The molecule has 0 unspecified atom stereocenters. The summed E-state index contributed by atoms with van der Waals surface area (Å²) in [6.07, 6.45) is 2.69. The van der Waals surface area contributed by atoms with E-state index in [1.54, 1.807) is 7.05 Å². The molecule has 0 radical (unpaired) electrons. The van der Waals surface area contributed by atoms with Crippen molar-refractivity contribution in [3.05, 3.63) is 78.1 Å². The molecular formula is C20H23IN4. The lowest BCUT2D eigenvalue weighted by atomic mass is 10.1. The van der Waals surface area contributed by atoms with Crippen LogP contribution in [-0.2, 0) is 13.0 Å². The van der Waals surface area contributed by atoms with E-state index in [1.165, 1.54) is 16.3 Å². The highest BCUT2D eigenvalue weighted by Crippen LogP contribution is 2.15. The van der Waals surface area contributed by atoms with Gasteiger partial charge in [-0.3, -0.25) is 9.98 Å². The van der Waals surface area contributed by atoms with E-state index in [-0.39, 0.29) is 24.0 Å². The minimum Gasteiger partial charge on any atom is -0.356 e. The van der Waals surface area contributed by atoms with Gasteiger partial charge in [-0.25, -0.2) is 0 Å². The van der Waals surface area contributed by atoms with E-state index in [9.17, 15) is 0 Å². The molecule has 25 heavy (non-hydrogen) atoms. The van der Waals surface area contributed by atoms with E-state index in [2.05, 4.69) is 63.1 Å². The third-order valence-electron chi connectivity index (χ3n) is 3.90. The van der Waals surface area contributed by atoms with Gasteiger partial charge < -0.3 is 10.6 Å². The van der Waals surface area contributed by atoms with Crippen LogP contribution < -0.4 is 10.6 Å². The summed E-state index contributed by atoms with van der Waals surface area (Å²) in [7, 11) is 1.79. The number of fused-ring (bicyclic) bond motifs is 1. The number of nitrogens with one attached hydrogen (secondary N) is 2. The van der Waals surface area contributed by atoms with Gasteiger partial charge in [0.2, 0.25) is 0 Å². The van der Waals surface area contributed by atoms with Crippen molar-refractivity contribution in [2.24, 2.45) is 4.99 Å². The molecule has 0 bridgehead atoms. The summed E-state index contributed by atoms with van der Waals surface area (Å²) in [6, 6.07) is 20.9. The molecular weight excluding hydrogens is 423 g/mol. The van der Waals surface area contributed by atoms with E-state index >= 15 is 0 Å². The fourth-order valence-electron chi connectivity index (χ4n) is 2.61. The maximum absolute atomic E-state index is 4.32. The number of guanidine groups is 1. The van der Waals surface area contributed by atoms with Gasteiger partial charge in [0.25, 0.3) is 0 Å². The minimum atomic E-state index is 0. The Morgan fingerprint density at radius 2 is 1.76 bits per heavy atom. The first-order valence-electron chi connectivity index (χ1n) is 8.17. The summed E-state index contributed by atoms with van der Waals surface area (Å²) in [5, 5.41) is 9.20. The van der Waals surface area contributed by atoms with E-state index in [0.717, 1.165) is 31.2 Å². The smallest absolute Gasteiger partial charge is 0.191 e. The van der Waals surface area contributed by atoms with Crippen LogP contribution >= 0.6 is 24.0 Å². The zero-order valence-electron chi connectivity index (χ0n) is 14.3. The van der Waals surface area contributed by atoms with Crippen molar-refractivity contribution in [1.82, 2.24) is 15.6 Å². The number of hydrogen-bond donors (Lipinski definition) is 2. The lowest BCUT2D eigenvalue weighted by Gasteiger charge is -2.12. The standard InChI is InChI=1S/C20H22N4.HI/c1-21-20(23-13-11-19-8-4-5-12-22-19)24-15-16-9-10-17-6-2-3-7-18(17)14-16;/h2-10,12,14H,11,13,15H2,1H3,(H2,21,23,24);1H. The van der Waals surface area contributed by atoms with Crippen LogP contribution in [0.3, 0.4) is 0 Å². The number of halogens is 1. The van der Waals surface area contributed by atoms with Crippen LogP contribution in [0.5, 0.6) is 0 Å². The highest BCUT2D eigenvalue weighted by Gasteiger charge is 2.00. The van der Waals surface area contributed by atoms with Crippen molar-refractivity contribution in [2.75, 3.05) is 13.6 Å². The summed E-state index contributed by atoms with van der Waals surface area (Å²) in [5.41, 5.74) is 2.32. The third kappa shape index (κ3) is 5.70. The van der Waals surface area contributed by atoms with Crippen molar-refractivity contribution >= 4 is 40.7 Å². The number of aliphatic imine (C=N–C) groups is 1. The number of pyridine rings is 1. The molecule has 2 aromatic carbocycles. The van der Waals surface area contributed by atoms with Crippen molar-refractivity contribution in [3.8, 4) is 0 Å². The van der Waals surface area contributed by atoms with Crippen LogP contribution in [-0.4, -0.2) is 24.5 Å². The lowest BCUT2D eigenvalue weighted by Crippen LogP contribution is -2.37. The topological polar surface area (TPSA) is 49.3 Å². The van der Waals surface area contributed by atoms with Crippen molar-refractivity contribution in [3.63, 3.8) is 0 Å². The molecule has 5 heteroatoms. The summed E-state index contributed by atoms with van der Waals surface area (Å²) >= 11 is 0. The van der Waals surface area contributed by atoms with Gasteiger partial charge in [0.1, 0.15) is 0 Å². The number of rotatable bonds is 5. The van der Waals surface area contributed by atoms with Crippen LogP contribution in [0.2, 0.25) is 0 Å². The molecule has 0 aliphatic rings. The average Bonchev–Trinajstić information content (AvgIpc) is 2.65. The first-order chi connectivity index (χ1) is 11.8. The molecule has 2 N–H and O–H groups in total. The fraction of sp³-hybridized carbons (Fsp3) is 0.200. The third-order valence-corrected chi connectivity index (χ3v) is 3.90. The highest BCUT2D eigenvalue weighted by molar-refractivity contribution is 14.0. The largest absolute Gasteiger partial charge is 0.356 e. The van der Waals surface area contributed by atoms with Gasteiger partial charge in [-0.15, -0.1) is 24.0 Å². The molecule has 0 saturated heterocycles. The van der Waals surface area contributed by atoms with Crippen LogP contribution in [0, 0.1) is 0 Å². The van der Waals surface area contributed by atoms with Crippen LogP contribution in [0.15, 0.2) is 71.9 Å². The van der Waals surface area contributed by atoms with Gasteiger partial charge in [-0.2, -0.15) is 0 Å². The van der Waals surface area contributed by atoms with E-state index in [1.807, 2.05) is 24.4 Å². The fourth-order valence-corrected chi connectivity index (χ4v) is 2.61.